The fraction of sp³-hybridized carbons (Fsp3) is 0.462. The van der Waals surface area contributed by atoms with Crippen molar-refractivity contribution in [3.63, 3.8) is 0 Å². The number of amides is 1. The highest BCUT2D eigenvalue weighted by Gasteiger charge is 2.31. The smallest absolute Gasteiger partial charge is 0.240 e. The number of nitrogens with two attached hydrogens (primary N) is 1. The summed E-state index contributed by atoms with van der Waals surface area (Å²) in [6.07, 6.45) is 0. The molecular formula is C13H19N3O. The molecule has 1 amide bonds. The van der Waals surface area contributed by atoms with Crippen LogP contribution in [0.4, 0.5) is 0 Å². The molecule has 0 saturated carbocycles. The zero-order chi connectivity index (χ0) is 12.5. The summed E-state index contributed by atoms with van der Waals surface area (Å²) in [5, 5.41) is 0. The lowest BCUT2D eigenvalue weighted by Crippen LogP contribution is -2.46. The minimum atomic E-state index is -0.462. The Bertz CT molecular complexity index is 403. The number of carbonyl (C=O) groups excluding carboxylic acids is 1. The Morgan fingerprint density at radius 3 is 2.35 bits per heavy atom. The van der Waals surface area contributed by atoms with E-state index in [2.05, 4.69) is 34.6 Å². The van der Waals surface area contributed by atoms with Crippen molar-refractivity contribution in [2.45, 2.75) is 26.9 Å². The predicted molar refractivity (Wildman–Crippen MR) is 66.7 cm³/mol. The van der Waals surface area contributed by atoms with Crippen LogP contribution in [0.5, 0.6) is 0 Å². The van der Waals surface area contributed by atoms with Gasteiger partial charge in [0.1, 0.15) is 0 Å². The second kappa shape index (κ2) is 4.47. The third kappa shape index (κ3) is 2.48. The van der Waals surface area contributed by atoms with E-state index in [0.717, 1.165) is 13.1 Å². The summed E-state index contributed by atoms with van der Waals surface area (Å²) in [5.41, 5.74) is 4.49. The van der Waals surface area contributed by atoms with Gasteiger partial charge in [0.25, 0.3) is 0 Å². The van der Waals surface area contributed by atoms with Gasteiger partial charge in [0.15, 0.2) is 0 Å². The van der Waals surface area contributed by atoms with Crippen LogP contribution in [0.2, 0.25) is 0 Å². The summed E-state index contributed by atoms with van der Waals surface area (Å²) in [4.78, 5) is 13.9. The summed E-state index contributed by atoms with van der Waals surface area (Å²) in [6.45, 7) is 6.37. The summed E-state index contributed by atoms with van der Waals surface area (Å²) in [6, 6.07) is 8.40. The molecule has 1 aromatic carbocycles. The Kier molecular flexibility index (Phi) is 3.17. The van der Waals surface area contributed by atoms with Crippen molar-refractivity contribution < 1.29 is 4.79 Å². The van der Waals surface area contributed by atoms with Crippen LogP contribution in [-0.4, -0.2) is 17.4 Å². The number of hydrogen-bond donors (Lipinski definition) is 2. The largest absolute Gasteiger partial charge is 0.294 e. The number of rotatable bonds is 3. The standard InChI is InChI=1S/C13H19N3O/c1-13(2,12(17)15-14)9-16-7-10-5-3-4-6-11(10)8-16/h3-6H,7-9,14H2,1-2H3,(H,15,17). The van der Waals surface area contributed by atoms with Crippen molar-refractivity contribution in [2.75, 3.05) is 6.54 Å². The highest BCUT2D eigenvalue weighted by atomic mass is 16.2. The van der Waals surface area contributed by atoms with Gasteiger partial charge in [0.05, 0.1) is 5.41 Å². The molecule has 0 aromatic heterocycles. The predicted octanol–water partition coefficient (Wildman–Crippen LogP) is 1.02. The SMILES string of the molecule is CC(C)(CN1Cc2ccccc2C1)C(=O)NN. The number of carbonyl (C=O) groups is 1. The molecule has 1 aliphatic heterocycles. The van der Waals surface area contributed by atoms with E-state index in [1.807, 2.05) is 13.8 Å². The maximum atomic E-state index is 11.6. The van der Waals surface area contributed by atoms with E-state index in [0.29, 0.717) is 6.54 Å². The topological polar surface area (TPSA) is 58.4 Å². The van der Waals surface area contributed by atoms with Crippen molar-refractivity contribution in [3.8, 4) is 0 Å². The Hall–Kier alpha value is -1.39. The highest BCUT2D eigenvalue weighted by molar-refractivity contribution is 5.81. The average molecular weight is 233 g/mol. The van der Waals surface area contributed by atoms with Crippen LogP contribution >= 0.6 is 0 Å². The van der Waals surface area contributed by atoms with Gasteiger partial charge >= 0.3 is 0 Å². The van der Waals surface area contributed by atoms with Gasteiger partial charge in [-0.25, -0.2) is 5.84 Å². The Morgan fingerprint density at radius 2 is 1.88 bits per heavy atom. The first-order valence-electron chi connectivity index (χ1n) is 5.83. The minimum absolute atomic E-state index is 0.117. The zero-order valence-corrected chi connectivity index (χ0v) is 10.4. The monoisotopic (exact) mass is 233 g/mol. The van der Waals surface area contributed by atoms with E-state index in [1.165, 1.54) is 11.1 Å². The first-order valence-corrected chi connectivity index (χ1v) is 5.83. The fourth-order valence-electron chi connectivity index (χ4n) is 2.34. The molecule has 0 saturated heterocycles. The molecule has 0 aliphatic carbocycles. The van der Waals surface area contributed by atoms with E-state index >= 15 is 0 Å². The number of hydrogen-bond acceptors (Lipinski definition) is 3. The number of hydrazine groups is 1. The van der Waals surface area contributed by atoms with E-state index in [4.69, 9.17) is 5.84 Å². The summed E-state index contributed by atoms with van der Waals surface area (Å²) < 4.78 is 0. The Labute approximate surface area is 102 Å². The maximum absolute atomic E-state index is 11.6. The van der Waals surface area contributed by atoms with E-state index in [-0.39, 0.29) is 5.91 Å². The van der Waals surface area contributed by atoms with Gasteiger partial charge in [-0.15, -0.1) is 0 Å². The second-order valence-corrected chi connectivity index (χ2v) is 5.27. The lowest BCUT2D eigenvalue weighted by atomic mass is 9.92. The van der Waals surface area contributed by atoms with Crippen LogP contribution in [0.25, 0.3) is 0 Å². The maximum Gasteiger partial charge on any atom is 0.240 e. The van der Waals surface area contributed by atoms with Crippen LogP contribution in [0.3, 0.4) is 0 Å². The van der Waals surface area contributed by atoms with Crippen molar-refractivity contribution in [1.82, 2.24) is 10.3 Å². The van der Waals surface area contributed by atoms with Crippen molar-refractivity contribution in [1.29, 1.82) is 0 Å². The summed E-state index contributed by atoms with van der Waals surface area (Å²) in [7, 11) is 0. The lowest BCUT2D eigenvalue weighted by molar-refractivity contribution is -0.130. The molecule has 1 aromatic rings. The molecule has 0 spiro atoms. The first-order chi connectivity index (χ1) is 8.03. The van der Waals surface area contributed by atoms with Gasteiger partial charge in [0.2, 0.25) is 5.91 Å². The molecule has 4 heteroatoms. The van der Waals surface area contributed by atoms with Crippen molar-refractivity contribution in [2.24, 2.45) is 11.3 Å². The summed E-state index contributed by atoms with van der Waals surface area (Å²) >= 11 is 0. The highest BCUT2D eigenvalue weighted by Crippen LogP contribution is 2.26. The third-order valence-electron chi connectivity index (χ3n) is 3.27. The van der Waals surface area contributed by atoms with E-state index < -0.39 is 5.41 Å². The van der Waals surface area contributed by atoms with Crippen LogP contribution in [0.1, 0.15) is 25.0 Å². The molecule has 17 heavy (non-hydrogen) atoms. The fourth-order valence-corrected chi connectivity index (χ4v) is 2.34. The normalized spacial score (nSPS) is 15.7. The Balaban J connectivity index is 2.03. The van der Waals surface area contributed by atoms with Gasteiger partial charge in [-0.05, 0) is 25.0 Å². The lowest BCUT2D eigenvalue weighted by Gasteiger charge is -2.28. The van der Waals surface area contributed by atoms with E-state index in [9.17, 15) is 4.79 Å². The number of fused-ring (bicyclic) bond motifs is 1. The molecule has 1 aliphatic rings. The van der Waals surface area contributed by atoms with Gasteiger partial charge < -0.3 is 0 Å². The zero-order valence-electron chi connectivity index (χ0n) is 10.4. The minimum Gasteiger partial charge on any atom is -0.294 e. The van der Waals surface area contributed by atoms with Crippen molar-refractivity contribution >= 4 is 5.91 Å². The molecular weight excluding hydrogens is 214 g/mol. The van der Waals surface area contributed by atoms with Crippen molar-refractivity contribution in [3.05, 3.63) is 35.4 Å². The van der Waals surface area contributed by atoms with Crippen LogP contribution in [0.15, 0.2) is 24.3 Å². The summed E-state index contributed by atoms with van der Waals surface area (Å²) in [5.74, 6) is 5.08. The molecule has 1 heterocycles. The van der Waals surface area contributed by atoms with Crippen LogP contribution < -0.4 is 11.3 Å². The molecule has 3 N–H and O–H groups in total. The molecule has 92 valence electrons. The molecule has 0 atom stereocenters. The van der Waals surface area contributed by atoms with Gasteiger partial charge in [0, 0.05) is 19.6 Å². The quantitative estimate of drug-likeness (QED) is 0.465. The van der Waals surface area contributed by atoms with Crippen LogP contribution in [-0.2, 0) is 17.9 Å². The molecule has 2 rings (SSSR count). The molecule has 4 nitrogen and oxygen atoms in total. The van der Waals surface area contributed by atoms with Gasteiger partial charge in [-0.1, -0.05) is 24.3 Å². The number of nitrogens with zero attached hydrogens (tertiary/aromatic N) is 1. The third-order valence-corrected chi connectivity index (χ3v) is 3.27. The Morgan fingerprint density at radius 1 is 1.35 bits per heavy atom. The van der Waals surface area contributed by atoms with Crippen LogP contribution in [0, 0.1) is 5.41 Å². The molecule has 0 radical (unpaired) electrons. The number of benzene rings is 1. The molecule has 0 fully saturated rings. The van der Waals surface area contributed by atoms with Gasteiger partial charge in [-0.2, -0.15) is 0 Å². The van der Waals surface area contributed by atoms with Gasteiger partial charge in [-0.3, -0.25) is 15.1 Å². The average Bonchev–Trinajstić information content (AvgIpc) is 2.68. The number of nitrogens with one attached hydrogen (secondary N) is 1. The first kappa shape index (κ1) is 12.1. The van der Waals surface area contributed by atoms with E-state index in [1.54, 1.807) is 0 Å². The molecule has 0 bridgehead atoms. The second-order valence-electron chi connectivity index (χ2n) is 5.27. The molecule has 0 unspecified atom stereocenters.